The average Bonchev–Trinajstić information content (AvgIpc) is 2.45. The summed E-state index contributed by atoms with van der Waals surface area (Å²) in [5.41, 5.74) is 11.0. The Hall–Kier alpha value is -6.76. The van der Waals surface area contributed by atoms with Crippen molar-refractivity contribution in [2.45, 2.75) is 194 Å². The van der Waals surface area contributed by atoms with E-state index in [1.807, 2.05) is 5.32 Å². The lowest BCUT2D eigenvalue weighted by Gasteiger charge is -2.38. The van der Waals surface area contributed by atoms with E-state index >= 15 is 0 Å². The molecule has 0 saturated carbocycles. The van der Waals surface area contributed by atoms with Gasteiger partial charge in [0.25, 0.3) is 0 Å². The van der Waals surface area contributed by atoms with Crippen LogP contribution in [0.2, 0.25) is 0 Å². The van der Waals surface area contributed by atoms with Crippen molar-refractivity contribution >= 4 is 59.1 Å². The Morgan fingerprint density at radius 3 is 1.79 bits per heavy atom. The largest absolute Gasteiger partial charge is 0.508 e. The molecule has 2 aliphatic heterocycles. The number of carbonyl (C=O) groups is 10. The van der Waals surface area contributed by atoms with Crippen LogP contribution < -0.4 is 54.0 Å². The smallest absolute Gasteiger partial charge is 0.248 e. The lowest BCUT2D eigenvalue weighted by Crippen LogP contribution is -2.63. The van der Waals surface area contributed by atoms with Gasteiger partial charge < -0.3 is 119 Å². The van der Waals surface area contributed by atoms with E-state index in [0.29, 0.717) is 12.8 Å². The molecule has 33 nitrogen and oxygen atoms in total. The minimum absolute atomic E-state index is 0.0357. The molecule has 1 aromatic carbocycles. The Bertz CT molecular complexity index is 2410. The summed E-state index contributed by atoms with van der Waals surface area (Å²) in [6, 6.07) is -9.53. The van der Waals surface area contributed by atoms with Crippen LogP contribution in [-0.2, 0) is 57.4 Å². The van der Waals surface area contributed by atoms with Crippen molar-refractivity contribution in [3.63, 3.8) is 0 Å². The molecule has 87 heavy (non-hydrogen) atoms. The zero-order valence-electron chi connectivity index (χ0n) is 49.0. The fraction of sp³-hybridized carbons (Fsp3) is 0.704. The van der Waals surface area contributed by atoms with Gasteiger partial charge in [0.15, 0.2) is 12.4 Å². The predicted octanol–water partition coefficient (Wildman–Crippen LogP) is -8.15. The van der Waals surface area contributed by atoms with E-state index in [1.165, 1.54) is 14.1 Å². The van der Waals surface area contributed by atoms with Gasteiger partial charge in [-0.05, 0) is 43.5 Å². The number of nitrogens with one attached hydrogen (secondary N) is 8. The highest BCUT2D eigenvalue weighted by Gasteiger charge is 2.43. The maximum absolute atomic E-state index is 14.3. The van der Waals surface area contributed by atoms with E-state index in [1.54, 1.807) is 0 Å². The second-order valence-electron chi connectivity index (χ2n) is 21.6. The predicted molar refractivity (Wildman–Crippen MR) is 302 cm³/mol. The van der Waals surface area contributed by atoms with Crippen LogP contribution in [0.4, 0.5) is 0 Å². The van der Waals surface area contributed by atoms with Crippen molar-refractivity contribution < 1.29 is 108 Å². The first-order valence-corrected chi connectivity index (χ1v) is 28.8. The number of hydrogen-bond acceptors (Lipinski definition) is 23. The summed E-state index contributed by atoms with van der Waals surface area (Å²) in [4.78, 5) is 138. The molecule has 492 valence electrons. The molecule has 16 atom stereocenters. The Morgan fingerprint density at radius 2 is 1.22 bits per heavy atom. The fourth-order valence-corrected chi connectivity index (χ4v) is 9.26. The third-order valence-electron chi connectivity index (χ3n) is 14.4. The van der Waals surface area contributed by atoms with Gasteiger partial charge in [0.05, 0.1) is 45.0 Å². The number of hydrogen-bond donors (Lipinski definition) is 20. The summed E-state index contributed by atoms with van der Waals surface area (Å²) in [6.45, 7) is -2.22. The Balaban J connectivity index is 2.17. The maximum Gasteiger partial charge on any atom is 0.248 e. The van der Waals surface area contributed by atoms with Crippen LogP contribution in [0.25, 0.3) is 0 Å². The van der Waals surface area contributed by atoms with Crippen molar-refractivity contribution in [2.24, 2.45) is 11.5 Å². The van der Waals surface area contributed by atoms with Gasteiger partial charge in [-0.2, -0.15) is 0 Å². The van der Waals surface area contributed by atoms with Gasteiger partial charge in [0, 0.05) is 26.6 Å². The van der Waals surface area contributed by atoms with Gasteiger partial charge in [-0.15, -0.1) is 0 Å². The summed E-state index contributed by atoms with van der Waals surface area (Å²) >= 11 is 0. The zero-order chi connectivity index (χ0) is 65.1. The van der Waals surface area contributed by atoms with Crippen LogP contribution in [0.3, 0.4) is 0 Å². The summed E-state index contributed by atoms with van der Waals surface area (Å²) < 4.78 is 11.3. The van der Waals surface area contributed by atoms with Crippen LogP contribution >= 0.6 is 0 Å². The Kier molecular flexibility index (Phi) is 32.4. The third-order valence-corrected chi connectivity index (χ3v) is 14.4. The number of amides is 10. The SMILES string of the molecule is CCCCCCCCCCC[C@@H](O[C@H]1OC[C@@H](O)[C@H](O)[C@H]1O)[C@H](O)[C@H](O)C[C@@H]1CC(=O)N[C@@H](CO)C(=O)N[C@H]([C@H](O)c2ccc(O)cc2)C(=O)N[C@H](CCN)C(=O)NCC(=O)N[C@@H](CC(=O)N(C)C)C(=O)N[C@H](CO)C(=O)N[C@@H]([C@H](O)C(N)=O)C(=O)N1. The van der Waals surface area contributed by atoms with E-state index < -0.39 is 202 Å². The molecule has 22 N–H and O–H groups in total. The monoisotopic (exact) mass is 1240 g/mol. The summed E-state index contributed by atoms with van der Waals surface area (Å²) in [5.74, 6) is -13.3. The van der Waals surface area contributed by atoms with Gasteiger partial charge in [0.2, 0.25) is 59.1 Å². The minimum atomic E-state index is -2.66. The third kappa shape index (κ3) is 24.4. The number of ether oxygens (including phenoxy) is 2. The lowest BCUT2D eigenvalue weighted by atomic mass is 9.94. The number of primary amides is 1. The number of rotatable bonds is 26. The highest BCUT2D eigenvalue weighted by Crippen LogP contribution is 2.25. The topological polar surface area (TPSA) is 543 Å². The van der Waals surface area contributed by atoms with Crippen molar-refractivity contribution in [3.8, 4) is 5.75 Å². The molecular formula is C54H89N11O22. The number of aromatic hydroxyl groups is 1. The van der Waals surface area contributed by atoms with Crippen molar-refractivity contribution in [2.75, 3.05) is 47.0 Å². The minimum Gasteiger partial charge on any atom is -0.508 e. The molecule has 0 unspecified atom stereocenters. The second kappa shape index (κ2) is 37.8. The number of nitrogens with two attached hydrogens (primary N) is 2. The standard InChI is InChI=1S/C54H89N11O22/c1-4-5-6-7-8-9-10-11-12-13-36(87-54-46(78)44(76)35(70)26-86-54)43(75)34(69)20-28-21-37(71)60-32(24-66)50(82)63-40(42(74)27-14-16-29(68)17-15-27)53(85)61-30(18-19-55)48(80)57-23-38(72)59-31(22-39(73)65(2)3)49(81)62-33(25-67)51(83)64-41(52(84)58-28)45(77)47(56)79/h14-17,28,30-36,40-46,54,66-70,74-78H,4-13,18-26,55H2,1-3H3,(H2,56,79)(H,57,80)(H,58,84)(H,59,72)(H,60,71)(H,61,85)(H,62,81)(H,63,82)(H,64,83)/t28-,30-,31+,32+,33-,34-,35-,36-,40-,41+,42-,43-,44+,45+,46-,54-/m1/s1. The molecule has 2 heterocycles. The molecule has 2 fully saturated rings. The van der Waals surface area contributed by atoms with Crippen LogP contribution in [0, 0.1) is 0 Å². The van der Waals surface area contributed by atoms with Crippen molar-refractivity contribution in [1.82, 2.24) is 47.4 Å². The molecule has 33 heteroatoms. The Labute approximate surface area is 502 Å². The molecule has 0 aromatic heterocycles. The van der Waals surface area contributed by atoms with E-state index in [-0.39, 0.29) is 30.7 Å². The molecule has 0 aliphatic carbocycles. The van der Waals surface area contributed by atoms with E-state index in [9.17, 15) is 99.0 Å². The van der Waals surface area contributed by atoms with Crippen LogP contribution in [-0.4, -0.2) is 253 Å². The maximum atomic E-state index is 14.3. The molecule has 2 aliphatic rings. The molecule has 10 amide bonds. The molecule has 1 aromatic rings. The number of aliphatic hydroxyl groups excluding tert-OH is 9. The Morgan fingerprint density at radius 1 is 0.678 bits per heavy atom. The van der Waals surface area contributed by atoms with Gasteiger partial charge in [0.1, 0.15) is 72.5 Å². The molecular weight excluding hydrogens is 1150 g/mol. The first kappa shape index (κ1) is 74.5. The normalized spacial score (nSPS) is 27.1. The quantitative estimate of drug-likeness (QED) is 0.0383. The highest BCUT2D eigenvalue weighted by molar-refractivity contribution is 5.99. The first-order chi connectivity index (χ1) is 41.2. The number of unbranched alkanes of at least 4 members (excludes halogenated alkanes) is 8. The number of benzene rings is 1. The highest BCUT2D eigenvalue weighted by atomic mass is 16.7. The molecule has 2 saturated heterocycles. The van der Waals surface area contributed by atoms with Crippen LogP contribution in [0.1, 0.15) is 108 Å². The zero-order valence-corrected chi connectivity index (χ0v) is 49.0. The van der Waals surface area contributed by atoms with Crippen LogP contribution in [0.5, 0.6) is 5.75 Å². The second-order valence-corrected chi connectivity index (χ2v) is 21.6. The average molecular weight is 1240 g/mol. The first-order valence-electron chi connectivity index (χ1n) is 28.8. The van der Waals surface area contributed by atoms with Gasteiger partial charge in [-0.1, -0.05) is 76.8 Å². The van der Waals surface area contributed by atoms with E-state index in [4.69, 9.17) is 20.9 Å². The molecule has 0 bridgehead atoms. The molecule has 0 spiro atoms. The number of phenols is 1. The summed E-state index contributed by atoms with van der Waals surface area (Å²) in [5, 5.41) is 126. The number of nitrogens with zero attached hydrogens (tertiary/aromatic N) is 1. The lowest BCUT2D eigenvalue weighted by molar-refractivity contribution is -0.293. The van der Waals surface area contributed by atoms with Gasteiger partial charge in [-0.25, -0.2) is 0 Å². The number of phenolic OH excluding ortho intramolecular Hbond substituents is 1. The van der Waals surface area contributed by atoms with Crippen LogP contribution in [0.15, 0.2) is 24.3 Å². The van der Waals surface area contributed by atoms with Gasteiger partial charge >= 0.3 is 0 Å². The summed E-state index contributed by atoms with van der Waals surface area (Å²) in [7, 11) is 2.59. The summed E-state index contributed by atoms with van der Waals surface area (Å²) in [6.07, 6.45) is -12.4. The fourth-order valence-electron chi connectivity index (χ4n) is 9.26. The molecule has 0 radical (unpaired) electrons. The number of aliphatic hydroxyl groups is 9. The van der Waals surface area contributed by atoms with Gasteiger partial charge in [-0.3, -0.25) is 47.9 Å². The molecule has 3 rings (SSSR count). The van der Waals surface area contributed by atoms with E-state index in [2.05, 4.69) is 44.1 Å². The number of carbonyl (C=O) groups excluding carboxylic acids is 10. The van der Waals surface area contributed by atoms with E-state index in [0.717, 1.165) is 74.1 Å². The van der Waals surface area contributed by atoms with Crippen molar-refractivity contribution in [3.05, 3.63) is 29.8 Å². The van der Waals surface area contributed by atoms with Crippen molar-refractivity contribution in [1.29, 1.82) is 0 Å².